The van der Waals surface area contributed by atoms with E-state index in [0.717, 1.165) is 0 Å². The van der Waals surface area contributed by atoms with Gasteiger partial charge in [0.15, 0.2) is 5.82 Å². The number of aryl methyl sites for hydroxylation is 1. The van der Waals surface area contributed by atoms with E-state index >= 15 is 0 Å². The molecule has 8 nitrogen and oxygen atoms in total. The predicted molar refractivity (Wildman–Crippen MR) is 105 cm³/mol. The molecule has 1 amide bonds. The lowest BCUT2D eigenvalue weighted by Gasteiger charge is -2.07. The van der Waals surface area contributed by atoms with Crippen LogP contribution in [0.3, 0.4) is 0 Å². The van der Waals surface area contributed by atoms with Gasteiger partial charge in [-0.05, 0) is 12.1 Å². The summed E-state index contributed by atoms with van der Waals surface area (Å²) in [4.78, 5) is 23.0. The summed E-state index contributed by atoms with van der Waals surface area (Å²) in [6, 6.07) is 5.19. The zero-order valence-corrected chi connectivity index (χ0v) is 16.5. The number of carbonyl (C=O) groups is 2. The van der Waals surface area contributed by atoms with Crippen molar-refractivity contribution >= 4 is 52.5 Å². The summed E-state index contributed by atoms with van der Waals surface area (Å²) in [7, 11) is 0. The Morgan fingerprint density at radius 1 is 1.07 bits per heavy atom. The molecule has 0 fully saturated rings. The van der Waals surface area contributed by atoms with Gasteiger partial charge in [-0.25, -0.2) is 4.79 Å². The number of amides is 1. The monoisotopic (exact) mass is 441 g/mol. The predicted octanol–water partition coefficient (Wildman–Crippen LogP) is 3.82. The van der Waals surface area contributed by atoms with E-state index in [2.05, 4.69) is 15.5 Å². The maximum atomic E-state index is 12.1. The van der Waals surface area contributed by atoms with Crippen LogP contribution in [0.25, 0.3) is 0 Å². The largest absolute Gasteiger partial charge is 0.478 e. The molecule has 0 atom stereocenters. The van der Waals surface area contributed by atoms with Gasteiger partial charge in [-0.1, -0.05) is 40.9 Å². The van der Waals surface area contributed by atoms with Crippen LogP contribution in [-0.2, 0) is 17.9 Å². The van der Waals surface area contributed by atoms with Crippen molar-refractivity contribution in [3.05, 3.63) is 63.0 Å². The van der Waals surface area contributed by atoms with Crippen LogP contribution in [0, 0.1) is 0 Å². The molecule has 0 unspecified atom stereocenters. The first kappa shape index (κ1) is 20.2. The Balaban J connectivity index is 1.61. The molecule has 3 rings (SSSR count). The molecule has 1 aromatic carbocycles. The molecule has 0 saturated carbocycles. The second kappa shape index (κ2) is 8.64. The fourth-order valence-corrected chi connectivity index (χ4v) is 3.13. The lowest BCUT2D eigenvalue weighted by Crippen LogP contribution is -2.15. The molecule has 0 bridgehead atoms. The number of carboxylic acid groups (broad SMARTS) is 1. The van der Waals surface area contributed by atoms with Gasteiger partial charge in [0.2, 0.25) is 5.91 Å². The summed E-state index contributed by atoms with van der Waals surface area (Å²) in [5, 5.41) is 20.9. The summed E-state index contributed by atoms with van der Waals surface area (Å²) < 4.78 is 2.90. The van der Waals surface area contributed by atoms with Crippen molar-refractivity contribution in [1.82, 2.24) is 19.6 Å². The number of carboxylic acids is 1. The number of nitrogens with one attached hydrogen (secondary N) is 1. The Morgan fingerprint density at radius 3 is 2.43 bits per heavy atom. The number of halogens is 3. The number of rotatable bonds is 7. The zero-order valence-electron chi connectivity index (χ0n) is 14.3. The fraction of sp³-hybridized carbons (Fsp3) is 0.176. The van der Waals surface area contributed by atoms with Gasteiger partial charge >= 0.3 is 5.97 Å². The first-order valence-electron chi connectivity index (χ1n) is 8.05. The minimum Gasteiger partial charge on any atom is -0.478 e. The van der Waals surface area contributed by atoms with E-state index in [-0.39, 0.29) is 35.3 Å². The van der Waals surface area contributed by atoms with Gasteiger partial charge in [-0.2, -0.15) is 10.2 Å². The highest BCUT2D eigenvalue weighted by Gasteiger charge is 2.14. The van der Waals surface area contributed by atoms with Crippen LogP contribution >= 0.6 is 34.8 Å². The second-order valence-electron chi connectivity index (χ2n) is 5.82. The summed E-state index contributed by atoms with van der Waals surface area (Å²) in [5.74, 6) is -1.21. The van der Waals surface area contributed by atoms with Crippen molar-refractivity contribution < 1.29 is 14.7 Å². The number of carbonyl (C=O) groups excluding carboxylic acids is 1. The van der Waals surface area contributed by atoms with Crippen molar-refractivity contribution in [2.75, 3.05) is 5.32 Å². The van der Waals surface area contributed by atoms with Crippen molar-refractivity contribution in [3.8, 4) is 0 Å². The summed E-state index contributed by atoms with van der Waals surface area (Å²) in [6.45, 7) is 0.506. The summed E-state index contributed by atoms with van der Waals surface area (Å²) in [6.07, 6.45) is 4.20. The van der Waals surface area contributed by atoms with Crippen molar-refractivity contribution in [3.63, 3.8) is 0 Å². The van der Waals surface area contributed by atoms with Crippen LogP contribution in [0.5, 0.6) is 0 Å². The normalized spacial score (nSPS) is 10.8. The van der Waals surface area contributed by atoms with Gasteiger partial charge < -0.3 is 10.4 Å². The van der Waals surface area contributed by atoms with Gasteiger partial charge in [0.1, 0.15) is 5.02 Å². The fourth-order valence-electron chi connectivity index (χ4n) is 2.42. The zero-order chi connectivity index (χ0) is 20.3. The molecule has 146 valence electrons. The Morgan fingerprint density at radius 2 is 1.79 bits per heavy atom. The Labute approximate surface area is 174 Å². The third kappa shape index (κ3) is 4.83. The van der Waals surface area contributed by atoms with Crippen LogP contribution in [0.4, 0.5) is 5.82 Å². The quantitative estimate of drug-likeness (QED) is 0.579. The third-order valence-electron chi connectivity index (χ3n) is 3.80. The Kier molecular flexibility index (Phi) is 6.23. The van der Waals surface area contributed by atoms with Crippen LogP contribution < -0.4 is 5.32 Å². The summed E-state index contributed by atoms with van der Waals surface area (Å²) >= 11 is 18.5. The number of anilines is 1. The Hall–Kier alpha value is -2.55. The maximum absolute atomic E-state index is 12.1. The molecule has 0 radical (unpaired) electrons. The van der Waals surface area contributed by atoms with Crippen LogP contribution in [0.2, 0.25) is 15.1 Å². The number of nitrogens with zero attached hydrogens (tertiary/aromatic N) is 4. The van der Waals surface area contributed by atoms with E-state index in [1.807, 2.05) is 0 Å². The van der Waals surface area contributed by atoms with E-state index in [9.17, 15) is 9.59 Å². The van der Waals surface area contributed by atoms with E-state index in [0.29, 0.717) is 22.2 Å². The molecule has 0 spiro atoms. The van der Waals surface area contributed by atoms with E-state index in [1.165, 1.54) is 21.8 Å². The van der Waals surface area contributed by atoms with Gasteiger partial charge in [-0.3, -0.25) is 14.2 Å². The van der Waals surface area contributed by atoms with Crippen molar-refractivity contribution in [2.45, 2.75) is 19.5 Å². The molecule has 0 aliphatic carbocycles. The van der Waals surface area contributed by atoms with Crippen molar-refractivity contribution in [2.24, 2.45) is 0 Å². The van der Waals surface area contributed by atoms with Crippen molar-refractivity contribution in [1.29, 1.82) is 0 Å². The number of hydrogen-bond acceptors (Lipinski definition) is 4. The molecular formula is C17H14Cl3N5O3. The first-order chi connectivity index (χ1) is 13.3. The first-order valence-corrected chi connectivity index (χ1v) is 9.18. The molecule has 3 aromatic rings. The average Bonchev–Trinajstić information content (AvgIpc) is 3.24. The average molecular weight is 443 g/mol. The molecule has 2 aromatic heterocycles. The van der Waals surface area contributed by atoms with Gasteiger partial charge in [0, 0.05) is 41.0 Å². The number of benzene rings is 1. The molecule has 0 aliphatic rings. The number of aromatic nitrogens is 4. The molecular weight excluding hydrogens is 429 g/mol. The number of aromatic carboxylic acids is 1. The molecule has 2 N–H and O–H groups in total. The number of hydrogen-bond donors (Lipinski definition) is 2. The highest BCUT2D eigenvalue weighted by atomic mass is 35.5. The smallest absolute Gasteiger partial charge is 0.338 e. The second-order valence-corrected chi connectivity index (χ2v) is 7.04. The van der Waals surface area contributed by atoms with Gasteiger partial charge in [0.05, 0.1) is 18.3 Å². The Bertz CT molecular complexity index is 1010. The lowest BCUT2D eigenvalue weighted by molar-refractivity contribution is -0.116. The van der Waals surface area contributed by atoms with E-state index < -0.39 is 5.97 Å². The highest BCUT2D eigenvalue weighted by Crippen LogP contribution is 2.26. The SMILES string of the molecule is O=C(CCn1cc(C(=O)O)cn1)Nc1nn(Cc2c(Cl)cccc2Cl)cc1Cl. The van der Waals surface area contributed by atoms with E-state index in [4.69, 9.17) is 39.9 Å². The highest BCUT2D eigenvalue weighted by molar-refractivity contribution is 6.36. The van der Waals surface area contributed by atoms with E-state index in [1.54, 1.807) is 24.4 Å². The van der Waals surface area contributed by atoms with Gasteiger partial charge in [-0.15, -0.1) is 0 Å². The topological polar surface area (TPSA) is 102 Å². The van der Waals surface area contributed by atoms with Crippen LogP contribution in [-0.4, -0.2) is 36.5 Å². The minimum atomic E-state index is -1.08. The lowest BCUT2D eigenvalue weighted by atomic mass is 10.2. The maximum Gasteiger partial charge on any atom is 0.338 e. The molecule has 0 saturated heterocycles. The molecule has 28 heavy (non-hydrogen) atoms. The van der Waals surface area contributed by atoms with Crippen LogP contribution in [0.15, 0.2) is 36.8 Å². The van der Waals surface area contributed by atoms with Crippen LogP contribution in [0.1, 0.15) is 22.3 Å². The van der Waals surface area contributed by atoms with Gasteiger partial charge in [0.25, 0.3) is 0 Å². The third-order valence-corrected chi connectivity index (χ3v) is 4.79. The summed E-state index contributed by atoms with van der Waals surface area (Å²) in [5.41, 5.74) is 0.747. The molecule has 2 heterocycles. The minimum absolute atomic E-state index is 0.0560. The molecule has 0 aliphatic heterocycles. The standard InChI is InChI=1S/C17H14Cl3N5O3/c18-12-2-1-3-13(19)11(12)8-25-9-14(20)16(23-25)22-15(26)4-5-24-7-10(6-21-24)17(27)28/h1-3,6-7,9H,4-5,8H2,(H,27,28)(H,22,23,26). The molecule has 11 heteroatoms.